The molecule has 0 spiro atoms. The van der Waals surface area contributed by atoms with E-state index in [0.29, 0.717) is 67.4 Å². The summed E-state index contributed by atoms with van der Waals surface area (Å²) < 4.78 is 28.7. The summed E-state index contributed by atoms with van der Waals surface area (Å²) in [6, 6.07) is 46.5. The first-order valence-corrected chi connectivity index (χ1v) is 20.2. The van der Waals surface area contributed by atoms with Gasteiger partial charge >= 0.3 is 0 Å². The number of hydrogen-bond donors (Lipinski definition) is 2. The second kappa shape index (κ2) is 17.4. The number of nitrogen functional groups attached to an aromatic ring is 1. The van der Waals surface area contributed by atoms with E-state index in [1.54, 1.807) is 132 Å². The van der Waals surface area contributed by atoms with Gasteiger partial charge in [-0.25, -0.2) is 8.42 Å². The van der Waals surface area contributed by atoms with Crippen LogP contribution in [0.15, 0.2) is 180 Å². The average molecular weight is 807 g/mol. The van der Waals surface area contributed by atoms with Gasteiger partial charge in [-0.15, -0.1) is 0 Å². The highest BCUT2D eigenvalue weighted by molar-refractivity contribution is 7.92. The van der Waals surface area contributed by atoms with Crippen LogP contribution in [-0.4, -0.2) is 33.8 Å². The molecule has 0 aliphatic carbocycles. The smallest absolute Gasteiger partial charge is 0.263 e. The Kier molecular flexibility index (Phi) is 11.6. The molecule has 13 heteroatoms. The van der Waals surface area contributed by atoms with E-state index in [1.165, 1.54) is 4.57 Å². The number of benzene rings is 4. The minimum absolute atomic E-state index is 0.229. The number of hydrogen-bond acceptors (Lipinski definition) is 9. The number of pyridine rings is 4. The molecular weight excluding hydrogens is 773 g/mol. The summed E-state index contributed by atoms with van der Waals surface area (Å²) in [7, 11) is -3.48. The van der Waals surface area contributed by atoms with E-state index in [4.69, 9.17) is 5.73 Å². The zero-order chi connectivity index (χ0) is 42.2. The maximum absolute atomic E-state index is 13.5. The molecule has 0 amide bonds. The molecule has 4 aromatic carbocycles. The van der Waals surface area contributed by atoms with E-state index in [9.17, 15) is 28.5 Å². The highest BCUT2D eigenvalue weighted by atomic mass is 32.2. The second-order valence-corrected chi connectivity index (χ2v) is 15.1. The van der Waals surface area contributed by atoms with E-state index in [0.717, 1.165) is 17.5 Å². The van der Waals surface area contributed by atoms with E-state index in [-0.39, 0.29) is 11.1 Å². The van der Waals surface area contributed by atoms with Crippen LogP contribution in [0.4, 0.5) is 11.4 Å². The summed E-state index contributed by atoms with van der Waals surface area (Å²) in [4.78, 5) is 35.6. The number of nitriles is 2. The summed E-state index contributed by atoms with van der Waals surface area (Å²) in [5, 5.41) is 19.0. The molecule has 0 atom stereocenters. The summed E-state index contributed by atoms with van der Waals surface area (Å²) in [5.74, 6) is 0. The minimum atomic E-state index is -3.48. The monoisotopic (exact) mass is 806 g/mol. The molecule has 0 saturated carbocycles. The van der Waals surface area contributed by atoms with Crippen molar-refractivity contribution in [2.24, 2.45) is 0 Å². The van der Waals surface area contributed by atoms with E-state index in [1.807, 2.05) is 42.5 Å². The van der Waals surface area contributed by atoms with Gasteiger partial charge in [0.2, 0.25) is 10.0 Å². The van der Waals surface area contributed by atoms with Crippen LogP contribution in [0.5, 0.6) is 0 Å². The summed E-state index contributed by atoms with van der Waals surface area (Å²) in [5.41, 5.74) is 12.9. The van der Waals surface area contributed by atoms with Crippen LogP contribution in [0.2, 0.25) is 0 Å². The SMILES string of the molecule is CS(=O)(=O)Nc1cccc(-n2cc(-c3ccccn3)cc(-c3ccccc3C#N)c2=O)c1.N#Cc1ccccc1-c1cc(-c2ccccn2)cn(-c2cccc(N)c2)c1=O. The number of rotatable bonds is 8. The molecule has 0 aliphatic rings. The van der Waals surface area contributed by atoms with Crippen molar-refractivity contribution in [3.05, 3.63) is 202 Å². The normalized spacial score (nSPS) is 10.7. The summed E-state index contributed by atoms with van der Waals surface area (Å²) in [6.07, 6.45) is 7.82. The van der Waals surface area contributed by atoms with Crippen LogP contribution in [0.1, 0.15) is 11.1 Å². The van der Waals surface area contributed by atoms with Crippen LogP contribution in [-0.2, 0) is 10.0 Å². The number of nitrogens with two attached hydrogens (primary N) is 1. The van der Waals surface area contributed by atoms with Crippen molar-refractivity contribution in [1.29, 1.82) is 10.5 Å². The Bertz CT molecular complexity index is 3190. The highest BCUT2D eigenvalue weighted by Gasteiger charge is 2.17. The maximum Gasteiger partial charge on any atom is 0.263 e. The van der Waals surface area contributed by atoms with Crippen LogP contribution in [0.25, 0.3) is 56.1 Å². The lowest BCUT2D eigenvalue weighted by molar-refractivity contribution is 0.607. The van der Waals surface area contributed by atoms with Crippen molar-refractivity contribution in [3.63, 3.8) is 0 Å². The third-order valence-electron chi connectivity index (χ3n) is 9.21. The Hall–Kier alpha value is -8.39. The first-order valence-electron chi connectivity index (χ1n) is 18.3. The van der Waals surface area contributed by atoms with Crippen molar-refractivity contribution in [3.8, 4) is 68.3 Å². The zero-order valence-electron chi connectivity index (χ0n) is 32.0. The molecule has 12 nitrogen and oxygen atoms in total. The predicted octanol–water partition coefficient (Wildman–Crippen LogP) is 7.83. The van der Waals surface area contributed by atoms with Crippen LogP contribution in [0.3, 0.4) is 0 Å². The third-order valence-corrected chi connectivity index (χ3v) is 9.81. The molecule has 8 rings (SSSR count). The average Bonchev–Trinajstić information content (AvgIpc) is 3.27. The van der Waals surface area contributed by atoms with Crippen molar-refractivity contribution in [2.45, 2.75) is 0 Å². The van der Waals surface area contributed by atoms with E-state index in [2.05, 4.69) is 26.8 Å². The molecular formula is C47H34N8O4S. The molecule has 0 aliphatic heterocycles. The fourth-order valence-corrected chi connectivity index (χ4v) is 7.07. The zero-order valence-corrected chi connectivity index (χ0v) is 32.8. The summed E-state index contributed by atoms with van der Waals surface area (Å²) >= 11 is 0. The van der Waals surface area contributed by atoms with Crippen LogP contribution >= 0.6 is 0 Å². The maximum atomic E-state index is 13.5. The molecule has 292 valence electrons. The topological polar surface area (TPSA) is 190 Å². The standard InChI is InChI=1S/C24H18N4O3S.C23H16N4O/c1-32(30,31)27-19-8-6-9-20(14-19)28-16-18(23-11-4-5-12-26-23)13-22(24(28)29)21-10-3-2-7-17(21)15-25;24-14-16-6-1-2-9-20(16)21-12-17(22-10-3-4-11-26-22)15-27(23(21)28)19-8-5-7-18(25)13-19/h2-14,16,27H,1H3;1-13,15H,25H2. The molecule has 0 radical (unpaired) electrons. The van der Waals surface area contributed by atoms with Gasteiger partial charge in [0.25, 0.3) is 11.1 Å². The minimum Gasteiger partial charge on any atom is -0.399 e. The number of nitrogens with one attached hydrogen (secondary N) is 1. The van der Waals surface area contributed by atoms with Gasteiger partial charge in [0.1, 0.15) is 0 Å². The fourth-order valence-electron chi connectivity index (χ4n) is 6.52. The number of nitrogens with zero attached hydrogens (tertiary/aromatic N) is 6. The Labute approximate surface area is 345 Å². The first kappa shape index (κ1) is 39.8. The van der Waals surface area contributed by atoms with Crippen molar-refractivity contribution < 1.29 is 8.42 Å². The van der Waals surface area contributed by atoms with Gasteiger partial charge in [-0.1, -0.05) is 60.7 Å². The van der Waals surface area contributed by atoms with E-state index < -0.39 is 10.0 Å². The molecule has 0 bridgehead atoms. The third kappa shape index (κ3) is 8.92. The first-order chi connectivity index (χ1) is 29.0. The Balaban J connectivity index is 0.000000183. The van der Waals surface area contributed by atoms with E-state index >= 15 is 0 Å². The highest BCUT2D eigenvalue weighted by Crippen LogP contribution is 2.28. The van der Waals surface area contributed by atoms with Gasteiger partial charge in [-0.3, -0.25) is 33.4 Å². The number of sulfonamides is 1. The quantitative estimate of drug-likeness (QED) is 0.144. The van der Waals surface area contributed by atoms with Crippen LogP contribution < -0.4 is 21.6 Å². The largest absolute Gasteiger partial charge is 0.399 e. The lowest BCUT2D eigenvalue weighted by Crippen LogP contribution is -2.20. The molecule has 0 saturated heterocycles. The Morgan fingerprint density at radius 1 is 0.567 bits per heavy atom. The molecule has 4 heterocycles. The van der Waals surface area contributed by atoms with Gasteiger partial charge in [0.15, 0.2) is 0 Å². The molecule has 0 unspecified atom stereocenters. The molecule has 3 N–H and O–H groups in total. The lowest BCUT2D eigenvalue weighted by atomic mass is 9.99. The van der Waals surface area contributed by atoms with Gasteiger partial charge in [0, 0.05) is 63.9 Å². The fraction of sp³-hybridized carbons (Fsp3) is 0.0213. The van der Waals surface area contributed by atoms with Crippen molar-refractivity contribution in [1.82, 2.24) is 19.1 Å². The molecule has 0 fully saturated rings. The van der Waals surface area contributed by atoms with Gasteiger partial charge < -0.3 is 5.73 Å². The number of aromatic nitrogens is 4. The second-order valence-electron chi connectivity index (χ2n) is 13.4. The predicted molar refractivity (Wildman–Crippen MR) is 234 cm³/mol. The molecule has 4 aromatic heterocycles. The van der Waals surface area contributed by atoms with Gasteiger partial charge in [-0.05, 0) is 84.9 Å². The Morgan fingerprint density at radius 2 is 1.03 bits per heavy atom. The Morgan fingerprint density at radius 3 is 1.48 bits per heavy atom. The number of anilines is 2. The van der Waals surface area contributed by atoms with Crippen LogP contribution in [0, 0.1) is 22.7 Å². The van der Waals surface area contributed by atoms with Crippen molar-refractivity contribution >= 4 is 21.4 Å². The van der Waals surface area contributed by atoms with Crippen molar-refractivity contribution in [2.75, 3.05) is 16.7 Å². The van der Waals surface area contributed by atoms with Gasteiger partial charge in [-0.2, -0.15) is 10.5 Å². The van der Waals surface area contributed by atoms with Gasteiger partial charge in [0.05, 0.1) is 58.0 Å². The lowest BCUT2D eigenvalue weighted by Gasteiger charge is -2.14. The molecule has 8 aromatic rings. The summed E-state index contributed by atoms with van der Waals surface area (Å²) in [6.45, 7) is 0. The molecule has 60 heavy (non-hydrogen) atoms.